The van der Waals surface area contributed by atoms with E-state index in [1.54, 1.807) is 0 Å². The minimum Gasteiger partial charge on any atom is -0.368 e. The maximum atomic E-state index is 12.6. The number of aryl methyl sites for hydroxylation is 1. The Bertz CT molecular complexity index is 933. The van der Waals surface area contributed by atoms with Crippen LogP contribution in [0.4, 0.5) is 17.5 Å². The van der Waals surface area contributed by atoms with Gasteiger partial charge in [0, 0.05) is 36.0 Å². The van der Waals surface area contributed by atoms with Crippen LogP contribution in [-0.4, -0.2) is 27.6 Å². The topological polar surface area (TPSA) is 110 Å². The minimum absolute atomic E-state index is 0.234. The first-order valence-electron chi connectivity index (χ1n) is 8.30. The third-order valence-corrected chi connectivity index (χ3v) is 4.26. The molecule has 0 saturated heterocycles. The zero-order valence-electron chi connectivity index (χ0n) is 14.3. The molecule has 0 bridgehead atoms. The number of nitrogens with zero attached hydrogens (tertiary/aromatic N) is 4. The molecule has 0 unspecified atom stereocenters. The highest BCUT2D eigenvalue weighted by Crippen LogP contribution is 2.27. The summed E-state index contributed by atoms with van der Waals surface area (Å²) in [6.45, 7) is 3.05. The van der Waals surface area contributed by atoms with Gasteiger partial charge in [0.1, 0.15) is 11.6 Å². The fraction of sp³-hybridized carbons (Fsp3) is 0.222. The maximum Gasteiger partial charge on any atom is 0.278 e. The van der Waals surface area contributed by atoms with E-state index in [4.69, 9.17) is 10.3 Å². The van der Waals surface area contributed by atoms with Gasteiger partial charge >= 0.3 is 0 Å². The van der Waals surface area contributed by atoms with Gasteiger partial charge in [-0.15, -0.1) is 0 Å². The lowest BCUT2D eigenvalue weighted by molar-refractivity contribution is 0.101. The van der Waals surface area contributed by atoms with Gasteiger partial charge in [0.25, 0.3) is 5.91 Å². The number of benzene rings is 1. The zero-order valence-corrected chi connectivity index (χ0v) is 14.3. The quantitative estimate of drug-likeness (QED) is 0.745. The van der Waals surface area contributed by atoms with Crippen LogP contribution >= 0.6 is 0 Å². The lowest BCUT2D eigenvalue weighted by Crippen LogP contribution is -2.32. The summed E-state index contributed by atoms with van der Waals surface area (Å²) in [5, 5.41) is 6.83. The van der Waals surface area contributed by atoms with Crippen LogP contribution in [0.3, 0.4) is 0 Å². The van der Waals surface area contributed by atoms with E-state index in [2.05, 4.69) is 20.4 Å². The monoisotopic (exact) mass is 350 g/mol. The summed E-state index contributed by atoms with van der Waals surface area (Å²) in [4.78, 5) is 23.0. The van der Waals surface area contributed by atoms with Crippen molar-refractivity contribution < 1.29 is 9.32 Å². The van der Waals surface area contributed by atoms with E-state index in [0.717, 1.165) is 22.8 Å². The van der Waals surface area contributed by atoms with Gasteiger partial charge in [-0.1, -0.05) is 23.4 Å². The fourth-order valence-electron chi connectivity index (χ4n) is 3.03. The molecule has 132 valence electrons. The highest BCUT2D eigenvalue weighted by atomic mass is 16.5. The number of nitrogens with two attached hydrogens (primary N) is 1. The highest BCUT2D eigenvalue weighted by molar-refractivity contribution is 6.04. The molecule has 0 radical (unpaired) electrons. The molecule has 3 N–H and O–H groups in total. The summed E-state index contributed by atoms with van der Waals surface area (Å²) in [7, 11) is 0. The molecule has 1 amide bonds. The van der Waals surface area contributed by atoms with Crippen LogP contribution in [0.2, 0.25) is 0 Å². The highest BCUT2D eigenvalue weighted by Gasteiger charge is 2.28. The average molecular weight is 350 g/mol. The normalized spacial score (nSPS) is 13.3. The van der Waals surface area contributed by atoms with E-state index in [1.165, 1.54) is 0 Å². The Hall–Kier alpha value is -3.42. The Balaban J connectivity index is 1.59. The van der Waals surface area contributed by atoms with Crippen molar-refractivity contribution in [2.45, 2.75) is 19.9 Å². The number of hydrogen-bond donors (Lipinski definition) is 2. The summed E-state index contributed by atoms with van der Waals surface area (Å²) in [5.41, 5.74) is 8.34. The number of nitrogens with one attached hydrogen (secondary N) is 1. The molecular formula is C18H18N6O2. The third-order valence-electron chi connectivity index (χ3n) is 4.26. The van der Waals surface area contributed by atoms with Gasteiger partial charge in [0.2, 0.25) is 5.95 Å². The van der Waals surface area contributed by atoms with Crippen LogP contribution in [-0.2, 0) is 13.0 Å². The van der Waals surface area contributed by atoms with Gasteiger partial charge in [0.05, 0.1) is 6.54 Å². The molecule has 8 nitrogen and oxygen atoms in total. The fourth-order valence-corrected chi connectivity index (χ4v) is 3.03. The van der Waals surface area contributed by atoms with Gasteiger partial charge in [-0.3, -0.25) is 4.79 Å². The van der Waals surface area contributed by atoms with Gasteiger partial charge < -0.3 is 20.5 Å². The van der Waals surface area contributed by atoms with Crippen molar-refractivity contribution in [2.75, 3.05) is 22.5 Å². The molecule has 8 heteroatoms. The number of nitrogen functional groups attached to an aromatic ring is 1. The van der Waals surface area contributed by atoms with Crippen LogP contribution in [0.25, 0.3) is 0 Å². The minimum atomic E-state index is -0.290. The van der Waals surface area contributed by atoms with Gasteiger partial charge in [-0.25, -0.2) is 4.98 Å². The van der Waals surface area contributed by atoms with Crippen molar-refractivity contribution in [3.05, 3.63) is 59.1 Å². The maximum absolute atomic E-state index is 12.6. The Morgan fingerprint density at radius 3 is 2.85 bits per heavy atom. The number of rotatable bonds is 3. The molecule has 1 aromatic carbocycles. The molecule has 0 saturated carbocycles. The van der Waals surface area contributed by atoms with Crippen molar-refractivity contribution in [2.24, 2.45) is 0 Å². The van der Waals surface area contributed by atoms with Crippen molar-refractivity contribution in [3.8, 4) is 0 Å². The molecule has 0 spiro atoms. The SMILES string of the molecule is Cc1cc(N2CCc3onc(C(=O)Nc4ccccc4)c3C2)nc(N)n1. The first kappa shape index (κ1) is 16.1. The Labute approximate surface area is 150 Å². The van der Waals surface area contributed by atoms with Crippen LogP contribution in [0, 0.1) is 6.92 Å². The van der Waals surface area contributed by atoms with Gasteiger partial charge in [-0.05, 0) is 19.1 Å². The van der Waals surface area contributed by atoms with E-state index in [1.807, 2.05) is 48.2 Å². The van der Waals surface area contributed by atoms with Gasteiger partial charge in [-0.2, -0.15) is 4.98 Å². The number of fused-ring (bicyclic) bond motifs is 1. The molecule has 26 heavy (non-hydrogen) atoms. The number of para-hydroxylation sites is 1. The summed E-state index contributed by atoms with van der Waals surface area (Å²) in [5.74, 6) is 1.41. The first-order chi connectivity index (χ1) is 12.6. The standard InChI is InChI=1S/C18H18N6O2/c1-11-9-15(22-18(19)20-11)24-8-7-14-13(10-24)16(23-26-14)17(25)21-12-5-3-2-4-6-12/h2-6,9H,7-8,10H2,1H3,(H,21,25)(H2,19,20,22). The molecule has 4 rings (SSSR count). The van der Waals surface area contributed by atoms with Crippen molar-refractivity contribution >= 4 is 23.4 Å². The number of aromatic nitrogens is 3. The van der Waals surface area contributed by atoms with Crippen molar-refractivity contribution in [1.82, 2.24) is 15.1 Å². The summed E-state index contributed by atoms with van der Waals surface area (Å²) >= 11 is 0. The van der Waals surface area contributed by atoms with Crippen LogP contribution in [0.1, 0.15) is 27.5 Å². The van der Waals surface area contributed by atoms with Crippen LogP contribution < -0.4 is 16.0 Å². The Kier molecular flexibility index (Phi) is 4.00. The summed E-state index contributed by atoms with van der Waals surface area (Å²) in [6.07, 6.45) is 0.643. The van der Waals surface area contributed by atoms with Crippen molar-refractivity contribution in [3.63, 3.8) is 0 Å². The number of anilines is 3. The predicted molar refractivity (Wildman–Crippen MR) is 96.8 cm³/mol. The Morgan fingerprint density at radius 1 is 1.27 bits per heavy atom. The second-order valence-electron chi connectivity index (χ2n) is 6.15. The molecule has 0 atom stereocenters. The summed E-state index contributed by atoms with van der Waals surface area (Å²) < 4.78 is 5.38. The van der Waals surface area contributed by atoms with E-state index in [9.17, 15) is 4.79 Å². The largest absolute Gasteiger partial charge is 0.368 e. The molecule has 3 heterocycles. The molecule has 3 aromatic rings. The predicted octanol–water partition coefficient (Wildman–Crippen LogP) is 2.17. The first-order valence-corrected chi connectivity index (χ1v) is 8.30. The summed E-state index contributed by atoms with van der Waals surface area (Å²) in [6, 6.07) is 11.1. The second-order valence-corrected chi connectivity index (χ2v) is 6.15. The van der Waals surface area contributed by atoms with E-state index in [0.29, 0.717) is 30.9 Å². The van der Waals surface area contributed by atoms with E-state index >= 15 is 0 Å². The lowest BCUT2D eigenvalue weighted by Gasteiger charge is -2.27. The zero-order chi connectivity index (χ0) is 18.1. The lowest BCUT2D eigenvalue weighted by atomic mass is 10.1. The number of carbonyl (C=O) groups excluding carboxylic acids is 1. The number of carbonyl (C=O) groups is 1. The third kappa shape index (κ3) is 3.08. The molecular weight excluding hydrogens is 332 g/mol. The molecule has 0 fully saturated rings. The van der Waals surface area contributed by atoms with E-state index in [-0.39, 0.29) is 11.9 Å². The Morgan fingerprint density at radius 2 is 2.08 bits per heavy atom. The number of amides is 1. The average Bonchev–Trinajstić information content (AvgIpc) is 3.05. The van der Waals surface area contributed by atoms with E-state index < -0.39 is 0 Å². The second kappa shape index (κ2) is 6.47. The smallest absolute Gasteiger partial charge is 0.278 e. The molecule has 0 aliphatic carbocycles. The van der Waals surface area contributed by atoms with Crippen LogP contribution in [0.15, 0.2) is 40.9 Å². The van der Waals surface area contributed by atoms with Crippen molar-refractivity contribution in [1.29, 1.82) is 0 Å². The van der Waals surface area contributed by atoms with Crippen LogP contribution in [0.5, 0.6) is 0 Å². The van der Waals surface area contributed by atoms with Gasteiger partial charge in [0.15, 0.2) is 5.69 Å². The molecule has 1 aliphatic heterocycles. The molecule has 1 aliphatic rings. The number of hydrogen-bond acceptors (Lipinski definition) is 7. The molecule has 2 aromatic heterocycles.